The Morgan fingerprint density at radius 1 is 1.17 bits per heavy atom. The lowest BCUT2D eigenvalue weighted by Crippen LogP contribution is -2.36. The fourth-order valence-electron chi connectivity index (χ4n) is 3.72. The van der Waals surface area contributed by atoms with Crippen molar-refractivity contribution < 1.29 is 23.0 Å². The molecule has 1 amide bonds. The summed E-state index contributed by atoms with van der Waals surface area (Å²) in [6, 6.07) is 6.07. The van der Waals surface area contributed by atoms with Crippen LogP contribution in [0.3, 0.4) is 0 Å². The standard InChI is InChI=1S/C25H28F2N6O3/c1-15(2)36-24-21(33-7-9-35-10-8-33)13-20(31-32-24)19-12-18(14-29-16(19)3)30-23(34)17-5-6-28-22(11-17)25(4,26)27/h5-6,11-15H,7-10H2,1-4H3,(H,30,34). The van der Waals surface area contributed by atoms with Crippen LogP contribution in [-0.4, -0.2) is 58.5 Å². The molecule has 190 valence electrons. The van der Waals surface area contributed by atoms with Crippen molar-refractivity contribution in [2.24, 2.45) is 0 Å². The van der Waals surface area contributed by atoms with Crippen LogP contribution in [0.25, 0.3) is 11.3 Å². The second-order valence-electron chi connectivity index (χ2n) is 8.82. The molecule has 3 aromatic heterocycles. The number of amides is 1. The van der Waals surface area contributed by atoms with Gasteiger partial charge in [-0.1, -0.05) is 0 Å². The molecule has 0 saturated carbocycles. The number of aromatic nitrogens is 4. The summed E-state index contributed by atoms with van der Waals surface area (Å²) in [6.45, 7) is 8.99. The van der Waals surface area contributed by atoms with Crippen LogP contribution in [0.1, 0.15) is 42.5 Å². The van der Waals surface area contributed by atoms with E-state index in [1.54, 1.807) is 6.07 Å². The Kier molecular flexibility index (Phi) is 7.39. The number of morpholine rings is 1. The average molecular weight is 499 g/mol. The highest BCUT2D eigenvalue weighted by molar-refractivity contribution is 6.04. The number of nitrogens with one attached hydrogen (secondary N) is 1. The fraction of sp³-hybridized carbons (Fsp3) is 0.400. The van der Waals surface area contributed by atoms with Gasteiger partial charge in [-0.15, -0.1) is 10.2 Å². The molecule has 36 heavy (non-hydrogen) atoms. The first kappa shape index (κ1) is 25.4. The van der Waals surface area contributed by atoms with E-state index < -0.39 is 17.5 Å². The van der Waals surface area contributed by atoms with Crippen molar-refractivity contribution in [3.8, 4) is 17.1 Å². The molecule has 0 bridgehead atoms. The van der Waals surface area contributed by atoms with Gasteiger partial charge in [0.05, 0.1) is 36.9 Å². The molecule has 1 fully saturated rings. The van der Waals surface area contributed by atoms with Crippen molar-refractivity contribution in [3.63, 3.8) is 0 Å². The molecule has 4 heterocycles. The van der Waals surface area contributed by atoms with Crippen molar-refractivity contribution in [1.82, 2.24) is 20.2 Å². The van der Waals surface area contributed by atoms with Gasteiger partial charge in [0.1, 0.15) is 11.4 Å². The van der Waals surface area contributed by atoms with Gasteiger partial charge in [-0.05, 0) is 45.0 Å². The van der Waals surface area contributed by atoms with Crippen molar-refractivity contribution >= 4 is 17.3 Å². The van der Waals surface area contributed by atoms with Gasteiger partial charge in [-0.2, -0.15) is 8.78 Å². The molecule has 0 unspecified atom stereocenters. The second kappa shape index (κ2) is 10.5. The van der Waals surface area contributed by atoms with Gasteiger partial charge in [0.2, 0.25) is 0 Å². The molecule has 4 rings (SSSR count). The lowest BCUT2D eigenvalue weighted by molar-refractivity contribution is 0.0127. The Labute approximate surface area is 207 Å². The van der Waals surface area contributed by atoms with E-state index in [1.165, 1.54) is 18.5 Å². The maximum atomic E-state index is 13.6. The number of carbonyl (C=O) groups excluding carboxylic acids is 1. The highest BCUT2D eigenvalue weighted by Crippen LogP contribution is 2.33. The Morgan fingerprint density at radius 3 is 2.61 bits per heavy atom. The summed E-state index contributed by atoms with van der Waals surface area (Å²) in [6.07, 6.45) is 2.61. The quantitative estimate of drug-likeness (QED) is 0.516. The van der Waals surface area contributed by atoms with E-state index in [0.717, 1.165) is 18.7 Å². The zero-order valence-electron chi connectivity index (χ0n) is 20.6. The number of alkyl halides is 2. The molecule has 0 atom stereocenters. The zero-order chi connectivity index (χ0) is 25.9. The summed E-state index contributed by atoms with van der Waals surface area (Å²) in [4.78, 5) is 22.9. The van der Waals surface area contributed by atoms with Crippen molar-refractivity contribution in [2.45, 2.75) is 39.7 Å². The Morgan fingerprint density at radius 2 is 1.92 bits per heavy atom. The van der Waals surface area contributed by atoms with E-state index in [1.807, 2.05) is 26.8 Å². The van der Waals surface area contributed by atoms with Gasteiger partial charge in [0.25, 0.3) is 17.7 Å². The summed E-state index contributed by atoms with van der Waals surface area (Å²) in [5.74, 6) is -3.27. The third-order valence-electron chi connectivity index (χ3n) is 5.53. The topological polar surface area (TPSA) is 102 Å². The summed E-state index contributed by atoms with van der Waals surface area (Å²) in [5, 5.41) is 11.4. The molecule has 0 radical (unpaired) electrons. The van der Waals surface area contributed by atoms with Gasteiger partial charge >= 0.3 is 0 Å². The number of carbonyl (C=O) groups is 1. The summed E-state index contributed by atoms with van der Waals surface area (Å²) in [5.41, 5.74) is 2.69. The molecule has 1 aliphatic rings. The summed E-state index contributed by atoms with van der Waals surface area (Å²) < 4.78 is 38.6. The molecule has 0 aromatic carbocycles. The molecule has 1 N–H and O–H groups in total. The first-order valence-corrected chi connectivity index (χ1v) is 11.6. The summed E-state index contributed by atoms with van der Waals surface area (Å²) in [7, 11) is 0. The average Bonchev–Trinajstić information content (AvgIpc) is 2.85. The number of rotatable bonds is 7. The number of hydrogen-bond donors (Lipinski definition) is 1. The van der Waals surface area contributed by atoms with Crippen LogP contribution in [-0.2, 0) is 10.7 Å². The molecule has 11 heteroatoms. The lowest BCUT2D eigenvalue weighted by Gasteiger charge is -2.30. The minimum atomic E-state index is -3.16. The predicted octanol–water partition coefficient (Wildman–Crippen LogP) is 4.23. The number of ether oxygens (including phenoxy) is 2. The van der Waals surface area contributed by atoms with Gasteiger partial charge < -0.3 is 19.7 Å². The first-order valence-electron chi connectivity index (χ1n) is 11.6. The second-order valence-corrected chi connectivity index (χ2v) is 8.82. The Hall–Kier alpha value is -3.73. The largest absolute Gasteiger partial charge is 0.472 e. The van der Waals surface area contributed by atoms with Crippen LogP contribution in [0.5, 0.6) is 5.88 Å². The van der Waals surface area contributed by atoms with Gasteiger partial charge in [0, 0.05) is 43.0 Å². The van der Waals surface area contributed by atoms with Crippen LogP contribution in [0, 0.1) is 6.92 Å². The number of nitrogens with zero attached hydrogens (tertiary/aromatic N) is 5. The third kappa shape index (κ3) is 5.91. The number of hydrogen-bond acceptors (Lipinski definition) is 8. The van der Waals surface area contributed by atoms with Crippen molar-refractivity contribution in [3.05, 3.63) is 53.6 Å². The van der Waals surface area contributed by atoms with E-state index in [2.05, 4.69) is 30.4 Å². The number of pyridine rings is 2. The van der Waals surface area contributed by atoms with Crippen LogP contribution < -0.4 is 15.0 Å². The zero-order valence-corrected chi connectivity index (χ0v) is 20.6. The first-order chi connectivity index (χ1) is 17.1. The molecule has 9 nitrogen and oxygen atoms in total. The SMILES string of the molecule is Cc1ncc(NC(=O)c2ccnc(C(C)(F)F)c2)cc1-c1cc(N2CCOCC2)c(OC(C)C)nn1. The predicted molar refractivity (Wildman–Crippen MR) is 131 cm³/mol. The molecular formula is C25H28F2N6O3. The van der Waals surface area contributed by atoms with Gasteiger partial charge in [-0.3, -0.25) is 14.8 Å². The summed E-state index contributed by atoms with van der Waals surface area (Å²) >= 11 is 0. The molecule has 3 aromatic rings. The van der Waals surface area contributed by atoms with Gasteiger partial charge in [0.15, 0.2) is 0 Å². The minimum Gasteiger partial charge on any atom is -0.472 e. The van der Waals surface area contributed by atoms with Crippen molar-refractivity contribution in [1.29, 1.82) is 0 Å². The maximum Gasteiger partial charge on any atom is 0.286 e. The van der Waals surface area contributed by atoms with E-state index in [-0.39, 0.29) is 11.7 Å². The number of halogens is 2. The van der Waals surface area contributed by atoms with Crippen molar-refractivity contribution in [2.75, 3.05) is 36.5 Å². The van der Waals surface area contributed by atoms with E-state index in [9.17, 15) is 13.6 Å². The number of aryl methyl sites for hydroxylation is 1. The Balaban J connectivity index is 1.64. The van der Waals surface area contributed by atoms with Crippen LogP contribution in [0.2, 0.25) is 0 Å². The van der Waals surface area contributed by atoms with Crippen LogP contribution in [0.4, 0.5) is 20.2 Å². The molecule has 0 spiro atoms. The lowest BCUT2D eigenvalue weighted by atomic mass is 10.1. The minimum absolute atomic E-state index is 0.0632. The van der Waals surface area contributed by atoms with Gasteiger partial charge in [-0.25, -0.2) is 0 Å². The fourth-order valence-corrected chi connectivity index (χ4v) is 3.72. The van der Waals surface area contributed by atoms with E-state index in [0.29, 0.717) is 54.8 Å². The monoisotopic (exact) mass is 498 g/mol. The smallest absolute Gasteiger partial charge is 0.286 e. The molecular weight excluding hydrogens is 470 g/mol. The molecule has 1 saturated heterocycles. The van der Waals surface area contributed by atoms with E-state index >= 15 is 0 Å². The molecule has 1 aliphatic heterocycles. The molecule has 0 aliphatic carbocycles. The Bertz CT molecular complexity index is 1240. The highest BCUT2D eigenvalue weighted by Gasteiger charge is 2.27. The normalized spacial score (nSPS) is 14.1. The highest BCUT2D eigenvalue weighted by atomic mass is 19.3. The van der Waals surface area contributed by atoms with E-state index in [4.69, 9.17) is 9.47 Å². The van der Waals surface area contributed by atoms with Crippen LogP contribution >= 0.6 is 0 Å². The number of anilines is 2. The maximum absolute atomic E-state index is 13.6. The third-order valence-corrected chi connectivity index (χ3v) is 5.53. The van der Waals surface area contributed by atoms with Crippen LogP contribution in [0.15, 0.2) is 36.7 Å².